The van der Waals surface area contributed by atoms with Crippen molar-refractivity contribution in [3.8, 4) is 5.75 Å². The molecular weight excluding hydrogens is 485 g/mol. The van der Waals surface area contributed by atoms with Gasteiger partial charge in [-0.05, 0) is 32.9 Å². The van der Waals surface area contributed by atoms with Gasteiger partial charge in [-0.3, -0.25) is 4.99 Å². The average Bonchev–Trinajstić information content (AvgIpc) is 2.64. The number of phenols is 1. The third kappa shape index (κ3) is 7.79. The molecule has 9 heteroatoms. The number of nitrogens with one attached hydrogen (secondary N) is 1. The second kappa shape index (κ2) is 11.3. The molecule has 1 saturated heterocycles. The van der Waals surface area contributed by atoms with Crippen molar-refractivity contribution >= 4 is 41.7 Å². The number of rotatable bonds is 4. The summed E-state index contributed by atoms with van der Waals surface area (Å²) in [4.78, 5) is 22.3. The van der Waals surface area contributed by atoms with Gasteiger partial charge in [0.2, 0.25) is 0 Å². The van der Waals surface area contributed by atoms with E-state index in [2.05, 4.69) is 20.1 Å². The van der Waals surface area contributed by atoms with Crippen LogP contribution in [0.4, 0.5) is 10.5 Å². The van der Waals surface area contributed by atoms with Gasteiger partial charge >= 0.3 is 6.09 Å². The van der Waals surface area contributed by atoms with Crippen molar-refractivity contribution < 1.29 is 14.6 Å². The van der Waals surface area contributed by atoms with Gasteiger partial charge in [-0.2, -0.15) is 0 Å². The van der Waals surface area contributed by atoms with E-state index in [0.29, 0.717) is 18.8 Å². The second-order valence-corrected chi connectivity index (χ2v) is 7.84. The highest BCUT2D eigenvalue weighted by molar-refractivity contribution is 14.0. The quantitative estimate of drug-likeness (QED) is 0.362. The van der Waals surface area contributed by atoms with Crippen LogP contribution in [0.2, 0.25) is 0 Å². The number of carbonyl (C=O) groups is 1. The summed E-state index contributed by atoms with van der Waals surface area (Å²) < 4.78 is 5.36. The van der Waals surface area contributed by atoms with Crippen molar-refractivity contribution in [3.63, 3.8) is 0 Å². The van der Waals surface area contributed by atoms with Gasteiger partial charge in [0.25, 0.3) is 0 Å². The first-order chi connectivity index (χ1) is 13.2. The summed E-state index contributed by atoms with van der Waals surface area (Å²) in [5.41, 5.74) is 0.367. The monoisotopic (exact) mass is 519 g/mol. The van der Waals surface area contributed by atoms with Crippen molar-refractivity contribution in [2.75, 3.05) is 58.3 Å². The molecule has 0 aliphatic carbocycles. The number of halogens is 1. The number of likely N-dealkylation sites (N-methyl/N-ethyl adjacent to an activating group) is 1. The number of amides is 1. The molecule has 0 atom stereocenters. The molecule has 0 radical (unpaired) electrons. The van der Waals surface area contributed by atoms with Crippen molar-refractivity contribution in [2.24, 2.45) is 4.99 Å². The van der Waals surface area contributed by atoms with Gasteiger partial charge in [0, 0.05) is 53.4 Å². The predicted molar refractivity (Wildman–Crippen MR) is 128 cm³/mol. The third-order valence-corrected chi connectivity index (χ3v) is 4.45. The molecule has 2 N–H and O–H groups in total. The average molecular weight is 519 g/mol. The summed E-state index contributed by atoms with van der Waals surface area (Å²) in [6.45, 7) is 9.88. The Morgan fingerprint density at radius 2 is 1.86 bits per heavy atom. The van der Waals surface area contributed by atoms with E-state index >= 15 is 0 Å². The lowest BCUT2D eigenvalue weighted by molar-refractivity contribution is 0.0302. The number of piperazine rings is 1. The minimum absolute atomic E-state index is 0. The zero-order chi connectivity index (χ0) is 20.7. The van der Waals surface area contributed by atoms with Crippen LogP contribution in [0.5, 0.6) is 5.75 Å². The largest absolute Gasteiger partial charge is 0.506 e. The van der Waals surface area contributed by atoms with E-state index < -0.39 is 5.60 Å². The highest BCUT2D eigenvalue weighted by Gasteiger charge is 2.22. The van der Waals surface area contributed by atoms with Gasteiger partial charge in [0.15, 0.2) is 5.96 Å². The van der Waals surface area contributed by atoms with Crippen LogP contribution in [0.1, 0.15) is 20.8 Å². The standard InChI is InChI=1S/C20H33N5O3.HI/c1-20(2,3)28-19(27)23(5)11-10-22-18(21-4)25-14-12-24(13-15-25)16-8-6-7-9-17(16)26;/h6-9,26H,10-15H2,1-5H3,(H,21,22);1H. The summed E-state index contributed by atoms with van der Waals surface area (Å²) in [5, 5.41) is 13.3. The number of para-hydroxylation sites is 2. The fraction of sp³-hybridized carbons (Fsp3) is 0.600. The number of anilines is 1. The van der Waals surface area contributed by atoms with E-state index in [4.69, 9.17) is 4.74 Å². The third-order valence-electron chi connectivity index (χ3n) is 4.45. The van der Waals surface area contributed by atoms with Crippen molar-refractivity contribution in [1.29, 1.82) is 0 Å². The van der Waals surface area contributed by atoms with Crippen LogP contribution >= 0.6 is 24.0 Å². The number of phenolic OH excluding ortho intramolecular Hbond substituents is 1. The lowest BCUT2D eigenvalue weighted by Crippen LogP contribution is -2.53. The molecule has 0 spiro atoms. The van der Waals surface area contributed by atoms with Gasteiger partial charge in [-0.25, -0.2) is 4.79 Å². The lowest BCUT2D eigenvalue weighted by atomic mass is 10.2. The fourth-order valence-corrected chi connectivity index (χ4v) is 2.99. The molecule has 0 unspecified atom stereocenters. The Morgan fingerprint density at radius 1 is 1.24 bits per heavy atom. The number of aliphatic imine (C=N–C) groups is 1. The van der Waals surface area contributed by atoms with Crippen LogP contribution in [0.25, 0.3) is 0 Å². The molecule has 2 rings (SSSR count). The number of nitrogens with zero attached hydrogens (tertiary/aromatic N) is 4. The number of ether oxygens (including phenoxy) is 1. The Hall–Kier alpha value is -1.91. The molecule has 1 aromatic carbocycles. The molecule has 0 aromatic heterocycles. The highest BCUT2D eigenvalue weighted by Crippen LogP contribution is 2.27. The number of benzene rings is 1. The maximum absolute atomic E-state index is 12.0. The Bertz CT molecular complexity index is 685. The van der Waals surface area contributed by atoms with Crippen LogP contribution in [0.15, 0.2) is 29.3 Å². The molecular formula is C20H34IN5O3. The Labute approximate surface area is 190 Å². The molecule has 1 aliphatic rings. The summed E-state index contributed by atoms with van der Waals surface area (Å²) in [6, 6.07) is 7.41. The van der Waals surface area contributed by atoms with Crippen LogP contribution in [-0.2, 0) is 4.74 Å². The summed E-state index contributed by atoms with van der Waals surface area (Å²) >= 11 is 0. The van der Waals surface area contributed by atoms with Crippen LogP contribution in [0.3, 0.4) is 0 Å². The zero-order valence-electron chi connectivity index (χ0n) is 18.0. The molecule has 164 valence electrons. The Balaban J connectivity index is 0.00000420. The van der Waals surface area contributed by atoms with E-state index in [1.165, 1.54) is 0 Å². The normalized spacial score (nSPS) is 14.9. The molecule has 0 bridgehead atoms. The van der Waals surface area contributed by atoms with Crippen LogP contribution in [0, 0.1) is 0 Å². The molecule has 8 nitrogen and oxygen atoms in total. The molecule has 0 saturated carbocycles. The Morgan fingerprint density at radius 3 is 2.41 bits per heavy atom. The van der Waals surface area contributed by atoms with E-state index in [1.54, 1.807) is 25.1 Å². The fourth-order valence-electron chi connectivity index (χ4n) is 2.99. The molecule has 1 aliphatic heterocycles. The lowest BCUT2D eigenvalue weighted by Gasteiger charge is -2.38. The molecule has 1 heterocycles. The minimum atomic E-state index is -0.498. The molecule has 1 aromatic rings. The van der Waals surface area contributed by atoms with E-state index in [-0.39, 0.29) is 30.1 Å². The molecule has 1 fully saturated rings. The summed E-state index contributed by atoms with van der Waals surface area (Å²) in [6.07, 6.45) is -0.333. The van der Waals surface area contributed by atoms with Gasteiger partial charge in [0.05, 0.1) is 5.69 Å². The first-order valence-corrected chi connectivity index (χ1v) is 9.64. The van der Waals surface area contributed by atoms with Gasteiger partial charge in [-0.1, -0.05) is 12.1 Å². The topological polar surface area (TPSA) is 80.6 Å². The van der Waals surface area contributed by atoms with Crippen LogP contribution in [-0.4, -0.2) is 85.9 Å². The number of aromatic hydroxyl groups is 1. The van der Waals surface area contributed by atoms with Crippen molar-refractivity contribution in [3.05, 3.63) is 24.3 Å². The first-order valence-electron chi connectivity index (χ1n) is 9.64. The smallest absolute Gasteiger partial charge is 0.410 e. The van der Waals surface area contributed by atoms with E-state index in [1.807, 2.05) is 39.0 Å². The molecule has 29 heavy (non-hydrogen) atoms. The van der Waals surface area contributed by atoms with Gasteiger partial charge < -0.3 is 29.9 Å². The van der Waals surface area contributed by atoms with E-state index in [9.17, 15) is 9.90 Å². The SMILES string of the molecule is CN=C(NCCN(C)C(=O)OC(C)(C)C)N1CCN(c2ccccc2O)CC1.I. The van der Waals surface area contributed by atoms with Gasteiger partial charge in [0.1, 0.15) is 11.4 Å². The van der Waals surface area contributed by atoms with Crippen molar-refractivity contribution in [2.45, 2.75) is 26.4 Å². The van der Waals surface area contributed by atoms with Crippen LogP contribution < -0.4 is 10.2 Å². The summed E-state index contributed by atoms with van der Waals surface area (Å²) in [5.74, 6) is 1.12. The second-order valence-electron chi connectivity index (χ2n) is 7.84. The zero-order valence-corrected chi connectivity index (χ0v) is 20.3. The minimum Gasteiger partial charge on any atom is -0.506 e. The molecule has 1 amide bonds. The number of guanidine groups is 1. The number of hydrogen-bond acceptors (Lipinski definition) is 5. The first kappa shape index (κ1) is 25.1. The number of carbonyl (C=O) groups excluding carboxylic acids is 1. The predicted octanol–water partition coefficient (Wildman–Crippen LogP) is 2.57. The number of hydrogen-bond donors (Lipinski definition) is 2. The maximum Gasteiger partial charge on any atom is 0.410 e. The summed E-state index contributed by atoms with van der Waals surface area (Å²) in [7, 11) is 3.49. The maximum atomic E-state index is 12.0. The van der Waals surface area contributed by atoms with Crippen molar-refractivity contribution in [1.82, 2.24) is 15.1 Å². The highest BCUT2D eigenvalue weighted by atomic mass is 127. The van der Waals surface area contributed by atoms with E-state index in [0.717, 1.165) is 37.8 Å². The van der Waals surface area contributed by atoms with Gasteiger partial charge in [-0.15, -0.1) is 24.0 Å². The Kier molecular flexibility index (Phi) is 9.81.